The fraction of sp³-hybridized carbons (Fsp3) is 0.471. The number of nitrogens with one attached hydrogen (secondary N) is 2. The van der Waals surface area contributed by atoms with Crippen molar-refractivity contribution >= 4 is 29.4 Å². The van der Waals surface area contributed by atoms with Crippen LogP contribution in [0.1, 0.15) is 32.6 Å². The highest BCUT2D eigenvalue weighted by Crippen LogP contribution is 2.12. The van der Waals surface area contributed by atoms with Gasteiger partial charge in [0.1, 0.15) is 11.6 Å². The van der Waals surface area contributed by atoms with Crippen molar-refractivity contribution in [2.45, 2.75) is 32.6 Å². The number of carbonyl (C=O) groups excluding carboxylic acids is 2. The van der Waals surface area contributed by atoms with Crippen molar-refractivity contribution in [3.05, 3.63) is 29.8 Å². The first-order valence-corrected chi connectivity index (χ1v) is 8.84. The van der Waals surface area contributed by atoms with Crippen LogP contribution in [-0.2, 0) is 9.59 Å². The predicted molar refractivity (Wildman–Crippen MR) is 98.2 cm³/mol. The van der Waals surface area contributed by atoms with Gasteiger partial charge in [-0.15, -0.1) is 11.8 Å². The minimum absolute atomic E-state index is 0.0197. The van der Waals surface area contributed by atoms with Crippen LogP contribution in [0.5, 0.6) is 5.75 Å². The van der Waals surface area contributed by atoms with Crippen molar-refractivity contribution in [1.82, 2.24) is 10.3 Å². The fourth-order valence-corrected chi connectivity index (χ4v) is 2.31. The zero-order valence-corrected chi connectivity index (χ0v) is 15.1. The lowest BCUT2D eigenvalue weighted by molar-refractivity contribution is -0.118. The molecular weight excluding hydrogens is 326 g/mol. The molecule has 2 amide bonds. The van der Waals surface area contributed by atoms with Crippen LogP contribution in [0.15, 0.2) is 29.8 Å². The SMILES string of the molecule is C=C(C)SCC(=O)NCCCCCC(=O)Nc1ccc(OC)cn1. The highest BCUT2D eigenvalue weighted by Gasteiger charge is 2.04. The number of amides is 2. The summed E-state index contributed by atoms with van der Waals surface area (Å²) in [6.45, 7) is 6.25. The molecule has 1 rings (SSSR count). The minimum Gasteiger partial charge on any atom is -0.495 e. The molecule has 0 aliphatic heterocycles. The van der Waals surface area contributed by atoms with Gasteiger partial charge in [-0.25, -0.2) is 4.98 Å². The van der Waals surface area contributed by atoms with Crippen LogP contribution in [0.25, 0.3) is 0 Å². The maximum absolute atomic E-state index is 11.8. The lowest BCUT2D eigenvalue weighted by Gasteiger charge is -2.06. The van der Waals surface area contributed by atoms with Gasteiger partial charge in [0, 0.05) is 13.0 Å². The fourth-order valence-electron chi connectivity index (χ4n) is 1.84. The maximum atomic E-state index is 11.8. The molecule has 132 valence electrons. The van der Waals surface area contributed by atoms with Crippen LogP contribution in [0, 0.1) is 0 Å². The van der Waals surface area contributed by atoms with Gasteiger partial charge in [-0.1, -0.05) is 13.0 Å². The number of hydrogen-bond acceptors (Lipinski definition) is 5. The lowest BCUT2D eigenvalue weighted by Crippen LogP contribution is -2.26. The number of carbonyl (C=O) groups is 2. The quantitative estimate of drug-likeness (QED) is 0.599. The first-order chi connectivity index (χ1) is 11.5. The molecule has 1 heterocycles. The van der Waals surface area contributed by atoms with E-state index in [1.165, 1.54) is 11.8 Å². The summed E-state index contributed by atoms with van der Waals surface area (Å²) in [4.78, 5) is 28.3. The number of aromatic nitrogens is 1. The molecule has 0 unspecified atom stereocenters. The number of nitrogens with zero attached hydrogens (tertiary/aromatic N) is 1. The van der Waals surface area contributed by atoms with Gasteiger partial charge >= 0.3 is 0 Å². The zero-order chi connectivity index (χ0) is 17.8. The molecule has 0 aliphatic rings. The summed E-state index contributed by atoms with van der Waals surface area (Å²) >= 11 is 1.44. The Bertz CT molecular complexity index is 547. The minimum atomic E-state index is -0.0606. The molecule has 1 aromatic rings. The largest absolute Gasteiger partial charge is 0.495 e. The summed E-state index contributed by atoms with van der Waals surface area (Å²) in [6.07, 6.45) is 4.52. The lowest BCUT2D eigenvalue weighted by atomic mass is 10.2. The van der Waals surface area contributed by atoms with Gasteiger partial charge < -0.3 is 15.4 Å². The van der Waals surface area contributed by atoms with Crippen molar-refractivity contribution in [1.29, 1.82) is 0 Å². The van der Waals surface area contributed by atoms with Gasteiger partial charge in [-0.2, -0.15) is 0 Å². The third-order valence-corrected chi connectivity index (χ3v) is 3.99. The Morgan fingerprint density at radius 3 is 2.67 bits per heavy atom. The van der Waals surface area contributed by atoms with E-state index in [1.54, 1.807) is 25.4 Å². The summed E-state index contributed by atoms with van der Waals surface area (Å²) in [7, 11) is 1.57. The Balaban J connectivity index is 2.06. The van der Waals surface area contributed by atoms with Crippen molar-refractivity contribution in [2.75, 3.05) is 24.7 Å². The topological polar surface area (TPSA) is 80.3 Å². The Morgan fingerprint density at radius 1 is 1.25 bits per heavy atom. The van der Waals surface area contributed by atoms with E-state index in [2.05, 4.69) is 22.2 Å². The van der Waals surface area contributed by atoms with Crippen LogP contribution >= 0.6 is 11.8 Å². The molecule has 0 saturated heterocycles. The number of thioether (sulfide) groups is 1. The summed E-state index contributed by atoms with van der Waals surface area (Å²) < 4.78 is 5.01. The normalized spacial score (nSPS) is 10.1. The number of pyridine rings is 1. The molecule has 6 nitrogen and oxygen atoms in total. The molecule has 0 bridgehead atoms. The Morgan fingerprint density at radius 2 is 2.04 bits per heavy atom. The average molecular weight is 351 g/mol. The molecule has 1 aromatic heterocycles. The second kappa shape index (κ2) is 11.5. The molecular formula is C17H25N3O3S. The zero-order valence-electron chi connectivity index (χ0n) is 14.3. The van der Waals surface area contributed by atoms with E-state index < -0.39 is 0 Å². The molecule has 0 radical (unpaired) electrons. The Hall–Kier alpha value is -2.02. The third-order valence-electron chi connectivity index (χ3n) is 3.09. The molecule has 0 saturated carbocycles. The van der Waals surface area contributed by atoms with E-state index in [4.69, 9.17) is 4.74 Å². The Kier molecular flexibility index (Phi) is 9.60. The standard InChI is InChI=1S/C17H25N3O3S/c1-13(2)24-12-17(22)18-10-6-4-5-7-16(21)20-15-9-8-14(23-3)11-19-15/h8-9,11H,1,4-7,10,12H2,2-3H3,(H,18,22)(H,19,20,21). The van der Waals surface area contributed by atoms with Gasteiger partial charge in [0.15, 0.2) is 0 Å². The van der Waals surface area contributed by atoms with E-state index in [0.717, 1.165) is 24.2 Å². The summed E-state index contributed by atoms with van der Waals surface area (Å²) in [5, 5.41) is 5.60. The first-order valence-electron chi connectivity index (χ1n) is 7.86. The molecule has 2 N–H and O–H groups in total. The molecule has 0 aliphatic carbocycles. The second-order valence-electron chi connectivity index (χ2n) is 5.28. The van der Waals surface area contributed by atoms with Crippen LogP contribution in [0.2, 0.25) is 0 Å². The van der Waals surface area contributed by atoms with E-state index in [-0.39, 0.29) is 11.8 Å². The van der Waals surface area contributed by atoms with Crippen LogP contribution in [0.3, 0.4) is 0 Å². The summed E-state index contributed by atoms with van der Waals surface area (Å²) in [5.74, 6) is 1.53. The number of unbranched alkanes of at least 4 members (excludes halogenated alkanes) is 2. The number of rotatable bonds is 11. The van der Waals surface area contributed by atoms with Gasteiger partial charge in [0.2, 0.25) is 11.8 Å². The molecule has 0 spiro atoms. The molecule has 24 heavy (non-hydrogen) atoms. The summed E-state index contributed by atoms with van der Waals surface area (Å²) in [6, 6.07) is 3.45. The van der Waals surface area contributed by atoms with Gasteiger partial charge in [-0.3, -0.25) is 9.59 Å². The van der Waals surface area contributed by atoms with E-state index >= 15 is 0 Å². The average Bonchev–Trinajstić information content (AvgIpc) is 2.56. The molecule has 0 aromatic carbocycles. The molecule has 0 atom stereocenters. The third kappa shape index (κ3) is 9.19. The number of ether oxygens (including phenoxy) is 1. The highest BCUT2D eigenvalue weighted by atomic mass is 32.2. The maximum Gasteiger partial charge on any atom is 0.230 e. The monoisotopic (exact) mass is 351 g/mol. The molecule has 0 fully saturated rings. The van der Waals surface area contributed by atoms with Gasteiger partial charge in [0.05, 0.1) is 19.1 Å². The van der Waals surface area contributed by atoms with E-state index in [0.29, 0.717) is 30.3 Å². The van der Waals surface area contributed by atoms with Crippen molar-refractivity contribution < 1.29 is 14.3 Å². The van der Waals surface area contributed by atoms with Crippen molar-refractivity contribution in [2.24, 2.45) is 0 Å². The predicted octanol–water partition coefficient (Wildman–Crippen LogP) is 2.97. The number of anilines is 1. The van der Waals surface area contributed by atoms with Gasteiger partial charge in [-0.05, 0) is 36.8 Å². The number of methoxy groups -OCH3 is 1. The van der Waals surface area contributed by atoms with Crippen LogP contribution < -0.4 is 15.4 Å². The second-order valence-corrected chi connectivity index (χ2v) is 6.56. The van der Waals surface area contributed by atoms with Gasteiger partial charge in [0.25, 0.3) is 0 Å². The summed E-state index contributed by atoms with van der Waals surface area (Å²) in [5.41, 5.74) is 0. The smallest absolute Gasteiger partial charge is 0.230 e. The van der Waals surface area contributed by atoms with Crippen molar-refractivity contribution in [3.8, 4) is 5.75 Å². The highest BCUT2D eigenvalue weighted by molar-refractivity contribution is 8.03. The molecule has 7 heteroatoms. The van der Waals surface area contributed by atoms with Crippen LogP contribution in [0.4, 0.5) is 5.82 Å². The van der Waals surface area contributed by atoms with E-state index in [1.807, 2.05) is 6.92 Å². The van der Waals surface area contributed by atoms with E-state index in [9.17, 15) is 9.59 Å². The first kappa shape index (κ1) is 20.0. The Labute approximate surface area is 147 Å². The number of hydrogen-bond donors (Lipinski definition) is 2. The number of allylic oxidation sites excluding steroid dienone is 1. The van der Waals surface area contributed by atoms with Crippen molar-refractivity contribution in [3.63, 3.8) is 0 Å². The van der Waals surface area contributed by atoms with Crippen LogP contribution in [-0.4, -0.2) is 36.2 Å².